The van der Waals surface area contributed by atoms with E-state index in [0.29, 0.717) is 13.1 Å². The standard InChI is InChI=1S/C12H15N3O4/c1-19-12(18)8-3-2-6-15(7-8)11(17)9-4-5-10(16)14-13-9/h4-5,8H,2-3,6-7H2,1H3,(H,14,16). The van der Waals surface area contributed by atoms with Crippen molar-refractivity contribution in [3.63, 3.8) is 0 Å². The Hall–Kier alpha value is -2.18. The van der Waals surface area contributed by atoms with Gasteiger partial charge in [-0.25, -0.2) is 5.10 Å². The number of carbonyl (C=O) groups excluding carboxylic acids is 2. The van der Waals surface area contributed by atoms with Crippen LogP contribution in [0.3, 0.4) is 0 Å². The van der Waals surface area contributed by atoms with Crippen LogP contribution in [0.4, 0.5) is 0 Å². The van der Waals surface area contributed by atoms with Crippen LogP contribution in [0.15, 0.2) is 16.9 Å². The van der Waals surface area contributed by atoms with Gasteiger partial charge < -0.3 is 9.64 Å². The van der Waals surface area contributed by atoms with E-state index in [4.69, 9.17) is 4.74 Å². The number of hydrogen-bond donors (Lipinski definition) is 1. The van der Waals surface area contributed by atoms with E-state index in [2.05, 4.69) is 10.2 Å². The molecule has 1 atom stereocenters. The minimum Gasteiger partial charge on any atom is -0.469 e. The van der Waals surface area contributed by atoms with Crippen molar-refractivity contribution < 1.29 is 14.3 Å². The van der Waals surface area contributed by atoms with Gasteiger partial charge in [-0.05, 0) is 18.9 Å². The molecule has 7 heteroatoms. The normalized spacial score (nSPS) is 19.0. The number of ether oxygens (including phenoxy) is 1. The largest absolute Gasteiger partial charge is 0.469 e. The van der Waals surface area contributed by atoms with Crippen molar-refractivity contribution in [1.82, 2.24) is 15.1 Å². The Morgan fingerprint density at radius 1 is 1.47 bits per heavy atom. The number of rotatable bonds is 2. The first-order chi connectivity index (χ1) is 9.11. The van der Waals surface area contributed by atoms with E-state index in [-0.39, 0.29) is 29.0 Å². The number of esters is 1. The van der Waals surface area contributed by atoms with Gasteiger partial charge in [0.25, 0.3) is 11.5 Å². The van der Waals surface area contributed by atoms with Gasteiger partial charge >= 0.3 is 5.97 Å². The van der Waals surface area contributed by atoms with Crippen molar-refractivity contribution in [2.75, 3.05) is 20.2 Å². The maximum Gasteiger partial charge on any atom is 0.310 e. The highest BCUT2D eigenvalue weighted by Crippen LogP contribution is 2.18. The molecule has 1 aromatic rings. The van der Waals surface area contributed by atoms with Crippen LogP contribution in [-0.2, 0) is 9.53 Å². The number of aromatic nitrogens is 2. The van der Waals surface area contributed by atoms with Gasteiger partial charge in [0.05, 0.1) is 13.0 Å². The average Bonchev–Trinajstić information content (AvgIpc) is 2.46. The Kier molecular flexibility index (Phi) is 3.94. The molecule has 0 saturated carbocycles. The van der Waals surface area contributed by atoms with Gasteiger partial charge in [-0.15, -0.1) is 0 Å². The monoisotopic (exact) mass is 265 g/mol. The Morgan fingerprint density at radius 2 is 2.26 bits per heavy atom. The van der Waals surface area contributed by atoms with Crippen LogP contribution in [-0.4, -0.2) is 47.2 Å². The van der Waals surface area contributed by atoms with E-state index in [1.807, 2.05) is 0 Å². The summed E-state index contributed by atoms with van der Waals surface area (Å²) in [6.45, 7) is 0.902. The minimum absolute atomic E-state index is 0.171. The predicted molar refractivity (Wildman–Crippen MR) is 65.5 cm³/mol. The molecule has 102 valence electrons. The number of aromatic amines is 1. The second kappa shape index (κ2) is 5.64. The van der Waals surface area contributed by atoms with E-state index < -0.39 is 0 Å². The number of H-pyrrole nitrogens is 1. The SMILES string of the molecule is COC(=O)C1CCCN(C(=O)c2ccc(=O)[nH]n2)C1. The summed E-state index contributed by atoms with van der Waals surface area (Å²) in [6.07, 6.45) is 1.46. The molecule has 1 saturated heterocycles. The van der Waals surface area contributed by atoms with Gasteiger partial charge in [-0.3, -0.25) is 14.4 Å². The summed E-state index contributed by atoms with van der Waals surface area (Å²) in [6, 6.07) is 2.63. The molecule has 7 nitrogen and oxygen atoms in total. The lowest BCUT2D eigenvalue weighted by atomic mass is 9.98. The van der Waals surface area contributed by atoms with Crippen LogP contribution < -0.4 is 5.56 Å². The molecule has 1 N–H and O–H groups in total. The maximum absolute atomic E-state index is 12.2. The minimum atomic E-state index is -0.359. The highest BCUT2D eigenvalue weighted by molar-refractivity contribution is 5.92. The molecule has 0 spiro atoms. The van der Waals surface area contributed by atoms with Gasteiger partial charge in [-0.2, -0.15) is 5.10 Å². The smallest absolute Gasteiger partial charge is 0.310 e. The van der Waals surface area contributed by atoms with Crippen molar-refractivity contribution in [2.45, 2.75) is 12.8 Å². The fraction of sp³-hybridized carbons (Fsp3) is 0.500. The predicted octanol–water partition coefficient (Wildman–Crippen LogP) is -0.205. The third-order valence-corrected chi connectivity index (χ3v) is 3.14. The molecule has 0 aromatic carbocycles. The number of nitrogens with zero attached hydrogens (tertiary/aromatic N) is 2. The lowest BCUT2D eigenvalue weighted by Gasteiger charge is -2.30. The summed E-state index contributed by atoms with van der Waals surface area (Å²) in [4.78, 5) is 36.1. The molecular weight excluding hydrogens is 250 g/mol. The van der Waals surface area contributed by atoms with Crippen molar-refractivity contribution >= 4 is 11.9 Å². The number of carbonyl (C=O) groups is 2. The molecule has 1 aliphatic heterocycles. The molecule has 0 bridgehead atoms. The number of amides is 1. The lowest BCUT2D eigenvalue weighted by Crippen LogP contribution is -2.43. The summed E-state index contributed by atoms with van der Waals surface area (Å²) in [7, 11) is 1.34. The van der Waals surface area contributed by atoms with Gasteiger partial charge in [0.15, 0.2) is 0 Å². The molecule has 1 aromatic heterocycles. The number of hydrogen-bond acceptors (Lipinski definition) is 5. The van der Waals surface area contributed by atoms with E-state index in [1.54, 1.807) is 4.90 Å². The van der Waals surface area contributed by atoms with E-state index >= 15 is 0 Å². The van der Waals surface area contributed by atoms with E-state index in [9.17, 15) is 14.4 Å². The highest BCUT2D eigenvalue weighted by Gasteiger charge is 2.29. The first-order valence-electron chi connectivity index (χ1n) is 6.04. The molecule has 0 radical (unpaired) electrons. The molecule has 19 heavy (non-hydrogen) atoms. The van der Waals surface area contributed by atoms with E-state index in [0.717, 1.165) is 12.8 Å². The quantitative estimate of drug-likeness (QED) is 0.747. The summed E-state index contributed by atoms with van der Waals surface area (Å²) >= 11 is 0. The topological polar surface area (TPSA) is 92.4 Å². The van der Waals surface area contributed by atoms with Crippen LogP contribution in [0.1, 0.15) is 23.3 Å². The second-order valence-corrected chi connectivity index (χ2v) is 4.42. The number of nitrogens with one attached hydrogen (secondary N) is 1. The highest BCUT2D eigenvalue weighted by atomic mass is 16.5. The molecule has 1 aliphatic rings. The zero-order chi connectivity index (χ0) is 13.8. The van der Waals surface area contributed by atoms with Crippen LogP contribution >= 0.6 is 0 Å². The van der Waals surface area contributed by atoms with Gasteiger partial charge in [0.1, 0.15) is 5.69 Å². The zero-order valence-electron chi connectivity index (χ0n) is 10.6. The van der Waals surface area contributed by atoms with Crippen LogP contribution in [0.5, 0.6) is 0 Å². The first kappa shape index (κ1) is 13.3. The summed E-state index contributed by atoms with van der Waals surface area (Å²) in [5.41, 5.74) is -0.187. The van der Waals surface area contributed by atoms with E-state index in [1.165, 1.54) is 19.2 Å². The molecule has 0 aliphatic carbocycles. The Labute approximate surface area is 109 Å². The Morgan fingerprint density at radius 3 is 2.89 bits per heavy atom. The van der Waals surface area contributed by atoms with Crippen molar-refractivity contribution in [1.29, 1.82) is 0 Å². The van der Waals surface area contributed by atoms with Crippen LogP contribution in [0.25, 0.3) is 0 Å². The Balaban J connectivity index is 2.08. The zero-order valence-corrected chi connectivity index (χ0v) is 10.6. The third-order valence-electron chi connectivity index (χ3n) is 3.14. The van der Waals surface area contributed by atoms with Gasteiger partial charge in [0, 0.05) is 19.2 Å². The van der Waals surface area contributed by atoms with Crippen molar-refractivity contribution in [2.24, 2.45) is 5.92 Å². The molecule has 1 unspecified atom stereocenters. The first-order valence-corrected chi connectivity index (χ1v) is 6.04. The molecule has 2 rings (SSSR count). The van der Waals surface area contributed by atoms with Crippen LogP contribution in [0.2, 0.25) is 0 Å². The fourth-order valence-corrected chi connectivity index (χ4v) is 2.15. The maximum atomic E-state index is 12.2. The number of piperidine rings is 1. The molecule has 1 fully saturated rings. The summed E-state index contributed by atoms with van der Waals surface area (Å²) in [5.74, 6) is -0.873. The van der Waals surface area contributed by atoms with Crippen molar-refractivity contribution in [3.05, 3.63) is 28.2 Å². The number of likely N-dealkylation sites (tertiary alicyclic amines) is 1. The molecular formula is C12H15N3O4. The second-order valence-electron chi connectivity index (χ2n) is 4.42. The number of methoxy groups -OCH3 is 1. The average molecular weight is 265 g/mol. The lowest BCUT2D eigenvalue weighted by molar-refractivity contribution is -0.146. The third kappa shape index (κ3) is 2.98. The molecule has 1 amide bonds. The van der Waals surface area contributed by atoms with Gasteiger partial charge in [-0.1, -0.05) is 0 Å². The fourth-order valence-electron chi connectivity index (χ4n) is 2.15. The van der Waals surface area contributed by atoms with Crippen molar-refractivity contribution in [3.8, 4) is 0 Å². The van der Waals surface area contributed by atoms with Crippen LogP contribution in [0, 0.1) is 5.92 Å². The van der Waals surface area contributed by atoms with Gasteiger partial charge in [0.2, 0.25) is 0 Å². The summed E-state index contributed by atoms with van der Waals surface area (Å²) < 4.78 is 4.70. The summed E-state index contributed by atoms with van der Waals surface area (Å²) in [5, 5.41) is 5.92. The molecule has 2 heterocycles. The Bertz CT molecular complexity index is 520.